The number of nitrogens with zero attached hydrogens (tertiary/aromatic N) is 3. The second kappa shape index (κ2) is 5.04. The minimum Gasteiger partial charge on any atom is -0.394 e. The predicted molar refractivity (Wildman–Crippen MR) is 73.9 cm³/mol. The van der Waals surface area contributed by atoms with Crippen molar-refractivity contribution in [3.8, 4) is 0 Å². The molecular formula is C10H11IN4O5. The normalized spacial score (nSPS) is 30.2. The Morgan fingerprint density at radius 1 is 1.45 bits per heavy atom. The van der Waals surface area contributed by atoms with Crippen molar-refractivity contribution in [2.75, 3.05) is 6.61 Å². The fraction of sp³-hybridized carbons (Fsp3) is 0.500. The molecular weight excluding hydrogens is 383 g/mol. The van der Waals surface area contributed by atoms with Crippen molar-refractivity contribution in [2.45, 2.75) is 24.5 Å². The Bertz CT molecular complexity index is 701. The highest BCUT2D eigenvalue weighted by atomic mass is 127. The van der Waals surface area contributed by atoms with Crippen molar-refractivity contribution < 1.29 is 20.1 Å². The van der Waals surface area contributed by atoms with Gasteiger partial charge in [-0.1, -0.05) is 0 Å². The largest absolute Gasteiger partial charge is 0.394 e. The number of halogens is 1. The predicted octanol–water partition coefficient (Wildman–Crippen LogP) is -1.66. The molecule has 1 aliphatic heterocycles. The number of aromatic amines is 1. The summed E-state index contributed by atoms with van der Waals surface area (Å²) < 4.78 is 7.13. The van der Waals surface area contributed by atoms with Crippen LogP contribution in [0.4, 0.5) is 0 Å². The number of aromatic nitrogens is 4. The third-order valence-corrected chi connectivity index (χ3v) is 3.71. The number of aliphatic hydroxyl groups excluding tert-OH is 3. The van der Waals surface area contributed by atoms with Crippen LogP contribution in [0, 0.1) is 3.83 Å². The third kappa shape index (κ3) is 2.03. The van der Waals surface area contributed by atoms with Crippen LogP contribution in [0.15, 0.2) is 11.1 Å². The van der Waals surface area contributed by atoms with E-state index < -0.39 is 36.7 Å². The van der Waals surface area contributed by atoms with Crippen LogP contribution in [-0.4, -0.2) is 59.8 Å². The number of H-pyrrole nitrogens is 1. The molecule has 1 fully saturated rings. The molecule has 1 aliphatic rings. The third-order valence-electron chi connectivity index (χ3n) is 3.19. The number of fused-ring (bicyclic) bond motifs is 1. The van der Waals surface area contributed by atoms with E-state index in [-0.39, 0.29) is 11.2 Å². The van der Waals surface area contributed by atoms with E-state index in [4.69, 9.17) is 9.84 Å². The zero-order chi connectivity index (χ0) is 14.4. The fourth-order valence-corrected chi connectivity index (χ4v) is 2.67. The van der Waals surface area contributed by atoms with Gasteiger partial charge in [0, 0.05) is 0 Å². The maximum absolute atomic E-state index is 11.7. The summed E-state index contributed by atoms with van der Waals surface area (Å²) in [5.41, 5.74) is -0.0407. The zero-order valence-corrected chi connectivity index (χ0v) is 12.1. The van der Waals surface area contributed by atoms with E-state index in [9.17, 15) is 15.0 Å². The molecule has 0 bridgehead atoms. The van der Waals surface area contributed by atoms with E-state index in [0.717, 1.165) is 0 Å². The molecule has 0 amide bonds. The van der Waals surface area contributed by atoms with Gasteiger partial charge in [0.2, 0.25) is 0 Å². The highest BCUT2D eigenvalue weighted by Gasteiger charge is 2.44. The van der Waals surface area contributed by atoms with Gasteiger partial charge in [0.25, 0.3) is 5.56 Å². The van der Waals surface area contributed by atoms with Crippen LogP contribution in [0.1, 0.15) is 6.23 Å². The van der Waals surface area contributed by atoms with Gasteiger partial charge in [0.1, 0.15) is 18.3 Å². The fourth-order valence-electron chi connectivity index (χ4n) is 2.20. The van der Waals surface area contributed by atoms with E-state index in [1.54, 1.807) is 0 Å². The Labute approximate surface area is 125 Å². The number of hydrogen-bond donors (Lipinski definition) is 4. The summed E-state index contributed by atoms with van der Waals surface area (Å²) in [5, 5.41) is 28.8. The van der Waals surface area contributed by atoms with Crippen LogP contribution < -0.4 is 5.56 Å². The molecule has 0 aliphatic carbocycles. The molecule has 0 spiro atoms. The van der Waals surface area contributed by atoms with Crippen molar-refractivity contribution in [2.24, 2.45) is 0 Å². The van der Waals surface area contributed by atoms with Gasteiger partial charge in [-0.3, -0.25) is 14.3 Å². The number of aliphatic hydroxyl groups is 3. The second-order valence-electron chi connectivity index (χ2n) is 4.41. The molecule has 3 rings (SSSR count). The lowest BCUT2D eigenvalue weighted by Crippen LogP contribution is -2.33. The van der Waals surface area contributed by atoms with Crippen molar-refractivity contribution >= 4 is 33.8 Å². The summed E-state index contributed by atoms with van der Waals surface area (Å²) in [4.78, 5) is 22.3. The lowest BCUT2D eigenvalue weighted by atomic mass is 10.1. The molecule has 108 valence electrons. The minimum absolute atomic E-state index is 0.114. The number of imidazole rings is 1. The van der Waals surface area contributed by atoms with Gasteiger partial charge < -0.3 is 20.1 Å². The van der Waals surface area contributed by atoms with E-state index >= 15 is 0 Å². The van der Waals surface area contributed by atoms with Crippen LogP contribution >= 0.6 is 22.6 Å². The van der Waals surface area contributed by atoms with Gasteiger partial charge >= 0.3 is 0 Å². The summed E-state index contributed by atoms with van der Waals surface area (Å²) in [5.74, 6) is 0. The van der Waals surface area contributed by atoms with Crippen molar-refractivity contribution in [3.63, 3.8) is 0 Å². The molecule has 9 nitrogen and oxygen atoms in total. The summed E-state index contributed by atoms with van der Waals surface area (Å²) in [6, 6.07) is 0. The number of nitrogens with one attached hydrogen (secondary N) is 1. The summed E-state index contributed by atoms with van der Waals surface area (Å²) in [6.45, 7) is -0.424. The quantitative estimate of drug-likeness (QED) is 0.354. The molecule has 20 heavy (non-hydrogen) atoms. The Morgan fingerprint density at radius 3 is 2.85 bits per heavy atom. The van der Waals surface area contributed by atoms with Crippen molar-refractivity contribution in [1.29, 1.82) is 0 Å². The van der Waals surface area contributed by atoms with Gasteiger partial charge in [0.05, 0.1) is 12.9 Å². The van der Waals surface area contributed by atoms with Gasteiger partial charge in [-0.05, 0) is 22.6 Å². The lowest BCUT2D eigenvalue weighted by Gasteiger charge is -2.16. The van der Waals surface area contributed by atoms with Gasteiger partial charge in [-0.25, -0.2) is 9.97 Å². The van der Waals surface area contributed by atoms with Crippen LogP contribution in [0.25, 0.3) is 11.2 Å². The molecule has 2 aromatic rings. The van der Waals surface area contributed by atoms with E-state index in [0.29, 0.717) is 3.83 Å². The molecule has 1 saturated heterocycles. The Kier molecular flexibility index (Phi) is 3.50. The topological polar surface area (TPSA) is 133 Å². The Hall–Kier alpha value is -1.08. The van der Waals surface area contributed by atoms with Gasteiger partial charge in [-0.2, -0.15) is 0 Å². The Balaban J connectivity index is 2.09. The SMILES string of the molecule is O=c1[nH]c(I)nc2c1ncn2C1OC(CO)C(O)C1O. The van der Waals surface area contributed by atoms with Gasteiger partial charge in [0.15, 0.2) is 21.2 Å². The van der Waals surface area contributed by atoms with Crippen molar-refractivity contribution in [3.05, 3.63) is 20.5 Å². The molecule has 0 aromatic carbocycles. The van der Waals surface area contributed by atoms with Crippen molar-refractivity contribution in [1.82, 2.24) is 19.5 Å². The van der Waals surface area contributed by atoms with E-state index in [1.165, 1.54) is 10.9 Å². The Morgan fingerprint density at radius 2 is 2.20 bits per heavy atom. The lowest BCUT2D eigenvalue weighted by molar-refractivity contribution is -0.0511. The molecule has 0 saturated carbocycles. The average Bonchev–Trinajstić information content (AvgIpc) is 2.93. The molecule has 2 aromatic heterocycles. The first kappa shape index (κ1) is 13.9. The number of ether oxygens (including phenoxy) is 1. The first-order chi connectivity index (χ1) is 9.52. The molecule has 0 radical (unpaired) electrons. The smallest absolute Gasteiger partial charge is 0.279 e. The van der Waals surface area contributed by atoms with Crippen LogP contribution in [-0.2, 0) is 4.74 Å². The summed E-state index contributed by atoms with van der Waals surface area (Å²) >= 11 is 1.85. The van der Waals surface area contributed by atoms with Gasteiger partial charge in [-0.15, -0.1) is 0 Å². The van der Waals surface area contributed by atoms with Crippen LogP contribution in [0.2, 0.25) is 0 Å². The standard InChI is InChI=1S/C10H11IN4O5/c11-10-13-7-4(8(19)14-10)12-2-15(7)9-6(18)5(17)3(1-16)20-9/h2-3,5-6,9,16-18H,1H2,(H,13,14,19). The monoisotopic (exact) mass is 394 g/mol. The zero-order valence-electron chi connectivity index (χ0n) is 9.97. The molecule has 4 N–H and O–H groups in total. The highest BCUT2D eigenvalue weighted by molar-refractivity contribution is 14.1. The summed E-state index contributed by atoms with van der Waals surface area (Å²) in [6.07, 6.45) is -3.01. The first-order valence-electron chi connectivity index (χ1n) is 5.77. The molecule has 3 heterocycles. The maximum Gasteiger partial charge on any atom is 0.279 e. The maximum atomic E-state index is 11.7. The first-order valence-corrected chi connectivity index (χ1v) is 6.85. The van der Waals surface area contributed by atoms with E-state index in [2.05, 4.69) is 15.0 Å². The minimum atomic E-state index is -1.25. The summed E-state index contributed by atoms with van der Waals surface area (Å²) in [7, 11) is 0. The average molecular weight is 394 g/mol. The highest BCUT2D eigenvalue weighted by Crippen LogP contribution is 2.30. The molecule has 10 heteroatoms. The molecule has 4 atom stereocenters. The molecule has 4 unspecified atom stereocenters. The van der Waals surface area contributed by atoms with Crippen LogP contribution in [0.3, 0.4) is 0 Å². The van der Waals surface area contributed by atoms with Crippen LogP contribution in [0.5, 0.6) is 0 Å². The second-order valence-corrected chi connectivity index (χ2v) is 5.43. The number of rotatable bonds is 2. The number of hydrogen-bond acceptors (Lipinski definition) is 7. The van der Waals surface area contributed by atoms with E-state index in [1.807, 2.05) is 22.6 Å².